The lowest BCUT2D eigenvalue weighted by atomic mass is 9.74. The van der Waals surface area contributed by atoms with E-state index in [0.717, 1.165) is 25.3 Å². The van der Waals surface area contributed by atoms with E-state index in [9.17, 15) is 9.18 Å². The van der Waals surface area contributed by atoms with Gasteiger partial charge in [0.05, 0.1) is 0 Å². The molecule has 2 N–H and O–H groups in total. The topological polar surface area (TPSA) is 41.1 Å². The molecule has 0 atom stereocenters. The number of carbonyl (C=O) groups is 1. The van der Waals surface area contributed by atoms with Gasteiger partial charge in [0.2, 0.25) is 0 Å². The van der Waals surface area contributed by atoms with Gasteiger partial charge < -0.3 is 10.6 Å². The molecule has 0 aliphatic heterocycles. The molecular formula is C19H26ClFN2O. The minimum absolute atomic E-state index is 0.107. The number of rotatable bonds is 6. The zero-order valence-electron chi connectivity index (χ0n) is 14.2. The molecule has 24 heavy (non-hydrogen) atoms. The Bertz CT molecular complexity index is 575. The Morgan fingerprint density at radius 3 is 2.67 bits per heavy atom. The molecule has 2 aliphatic rings. The van der Waals surface area contributed by atoms with Crippen LogP contribution in [0.5, 0.6) is 0 Å². The van der Waals surface area contributed by atoms with E-state index in [1.54, 1.807) is 0 Å². The molecule has 2 fully saturated rings. The van der Waals surface area contributed by atoms with Crippen molar-refractivity contribution < 1.29 is 9.18 Å². The number of hydrogen-bond acceptors (Lipinski definition) is 2. The quantitative estimate of drug-likeness (QED) is 0.801. The van der Waals surface area contributed by atoms with Gasteiger partial charge in [0.25, 0.3) is 5.91 Å². The molecule has 0 saturated heterocycles. The molecule has 5 heteroatoms. The molecule has 1 aromatic rings. The lowest BCUT2D eigenvalue weighted by Gasteiger charge is -2.46. The smallest absolute Gasteiger partial charge is 0.251 e. The third-order valence-corrected chi connectivity index (χ3v) is 5.65. The maximum Gasteiger partial charge on any atom is 0.251 e. The molecule has 2 aliphatic carbocycles. The van der Waals surface area contributed by atoms with E-state index in [-0.39, 0.29) is 28.1 Å². The van der Waals surface area contributed by atoms with E-state index in [0.29, 0.717) is 0 Å². The van der Waals surface area contributed by atoms with Crippen LogP contribution in [-0.2, 0) is 0 Å². The standard InChI is InChI=1S/C19H26ClFN2O/c1-19(22-7-6-13-4-2-3-5-13)11-17(12-19)23-18(24)14-8-15(20)10-16(21)9-14/h8-10,13,17,22H,2-7,11-12H2,1H3,(H,23,24)/t17-,19-. The van der Waals surface area contributed by atoms with Crippen LogP contribution in [0.25, 0.3) is 0 Å². The summed E-state index contributed by atoms with van der Waals surface area (Å²) in [5.41, 5.74) is 0.388. The number of halogens is 2. The van der Waals surface area contributed by atoms with Crippen LogP contribution in [0.2, 0.25) is 5.02 Å². The van der Waals surface area contributed by atoms with E-state index in [1.165, 1.54) is 50.3 Å². The fourth-order valence-corrected chi connectivity index (χ4v) is 4.33. The maximum absolute atomic E-state index is 13.3. The molecule has 132 valence electrons. The number of benzene rings is 1. The number of nitrogens with one attached hydrogen (secondary N) is 2. The Morgan fingerprint density at radius 2 is 2.00 bits per heavy atom. The largest absolute Gasteiger partial charge is 0.349 e. The third kappa shape index (κ3) is 4.48. The van der Waals surface area contributed by atoms with Gasteiger partial charge in [-0.1, -0.05) is 37.3 Å². The molecule has 0 bridgehead atoms. The zero-order valence-corrected chi connectivity index (χ0v) is 15.0. The molecule has 2 saturated carbocycles. The number of hydrogen-bond donors (Lipinski definition) is 2. The second-order valence-corrected chi connectivity index (χ2v) is 8.10. The summed E-state index contributed by atoms with van der Waals surface area (Å²) in [5.74, 6) is 0.156. The van der Waals surface area contributed by atoms with Gasteiger partial charge in [-0.15, -0.1) is 0 Å². The third-order valence-electron chi connectivity index (χ3n) is 5.43. The molecule has 3 nitrogen and oxygen atoms in total. The summed E-state index contributed by atoms with van der Waals surface area (Å²) < 4.78 is 13.3. The fourth-order valence-electron chi connectivity index (χ4n) is 4.11. The van der Waals surface area contributed by atoms with E-state index in [1.807, 2.05) is 0 Å². The summed E-state index contributed by atoms with van der Waals surface area (Å²) in [6, 6.07) is 4.06. The lowest BCUT2D eigenvalue weighted by molar-refractivity contribution is 0.0843. The van der Waals surface area contributed by atoms with Crippen molar-refractivity contribution in [2.24, 2.45) is 5.92 Å². The highest BCUT2D eigenvalue weighted by Crippen LogP contribution is 2.33. The fraction of sp³-hybridized carbons (Fsp3) is 0.632. The molecule has 3 rings (SSSR count). The molecular weight excluding hydrogens is 327 g/mol. The highest BCUT2D eigenvalue weighted by Gasteiger charge is 2.40. The average Bonchev–Trinajstić information content (AvgIpc) is 2.98. The van der Waals surface area contributed by atoms with Crippen molar-refractivity contribution in [3.63, 3.8) is 0 Å². The van der Waals surface area contributed by atoms with E-state index in [2.05, 4.69) is 17.6 Å². The second-order valence-electron chi connectivity index (χ2n) is 7.66. The van der Waals surface area contributed by atoms with Crippen LogP contribution in [0.1, 0.15) is 62.2 Å². The van der Waals surface area contributed by atoms with Gasteiger partial charge in [0.1, 0.15) is 5.82 Å². The SMILES string of the molecule is C[C@]1(NCCC2CCCC2)C[C@H](NC(=O)c2cc(F)cc(Cl)c2)C1. The van der Waals surface area contributed by atoms with Gasteiger partial charge in [0.15, 0.2) is 0 Å². The van der Waals surface area contributed by atoms with Gasteiger partial charge in [0, 0.05) is 22.2 Å². The van der Waals surface area contributed by atoms with Crippen LogP contribution in [0.3, 0.4) is 0 Å². The summed E-state index contributed by atoms with van der Waals surface area (Å²) in [5, 5.41) is 6.86. The van der Waals surface area contributed by atoms with Crippen molar-refractivity contribution in [3.8, 4) is 0 Å². The predicted molar refractivity (Wildman–Crippen MR) is 94.9 cm³/mol. The molecule has 1 aromatic carbocycles. The molecule has 0 aromatic heterocycles. The van der Waals surface area contributed by atoms with Crippen molar-refractivity contribution in [2.75, 3.05) is 6.54 Å². The first-order valence-electron chi connectivity index (χ1n) is 8.95. The van der Waals surface area contributed by atoms with Crippen molar-refractivity contribution in [3.05, 3.63) is 34.6 Å². The maximum atomic E-state index is 13.3. The van der Waals surface area contributed by atoms with Crippen molar-refractivity contribution in [2.45, 2.75) is 63.5 Å². The molecule has 0 radical (unpaired) electrons. The van der Waals surface area contributed by atoms with Gasteiger partial charge in [-0.3, -0.25) is 4.79 Å². The highest BCUT2D eigenvalue weighted by molar-refractivity contribution is 6.31. The monoisotopic (exact) mass is 352 g/mol. The normalized spacial score (nSPS) is 27.0. The zero-order chi connectivity index (χ0) is 17.2. The Hall–Kier alpha value is -1.13. The Morgan fingerprint density at radius 1 is 1.29 bits per heavy atom. The first kappa shape index (κ1) is 17.7. The minimum Gasteiger partial charge on any atom is -0.349 e. The summed E-state index contributed by atoms with van der Waals surface area (Å²) in [6.07, 6.45) is 8.62. The molecule has 0 unspecified atom stereocenters. The van der Waals surface area contributed by atoms with E-state index < -0.39 is 5.82 Å². The predicted octanol–water partition coefficient (Wildman–Crippen LogP) is 4.30. The van der Waals surface area contributed by atoms with Gasteiger partial charge in [-0.2, -0.15) is 0 Å². The van der Waals surface area contributed by atoms with Crippen LogP contribution in [-0.4, -0.2) is 24.0 Å². The number of amides is 1. The summed E-state index contributed by atoms with van der Waals surface area (Å²) in [4.78, 5) is 12.2. The first-order valence-corrected chi connectivity index (χ1v) is 9.33. The van der Waals surface area contributed by atoms with Crippen molar-refractivity contribution >= 4 is 17.5 Å². The van der Waals surface area contributed by atoms with Crippen LogP contribution >= 0.6 is 11.6 Å². The summed E-state index contributed by atoms with van der Waals surface area (Å²) in [6.45, 7) is 3.27. The molecule has 0 heterocycles. The molecule has 1 amide bonds. The van der Waals surface area contributed by atoms with Crippen LogP contribution in [0.4, 0.5) is 4.39 Å². The second kappa shape index (κ2) is 7.40. The van der Waals surface area contributed by atoms with Gasteiger partial charge >= 0.3 is 0 Å². The number of carbonyl (C=O) groups excluding carboxylic acids is 1. The van der Waals surface area contributed by atoms with Crippen molar-refractivity contribution in [1.29, 1.82) is 0 Å². The Kier molecular flexibility index (Phi) is 5.46. The van der Waals surface area contributed by atoms with Crippen LogP contribution in [0, 0.1) is 11.7 Å². The van der Waals surface area contributed by atoms with Crippen molar-refractivity contribution in [1.82, 2.24) is 10.6 Å². The average molecular weight is 353 g/mol. The lowest BCUT2D eigenvalue weighted by Crippen LogP contribution is -2.60. The highest BCUT2D eigenvalue weighted by atomic mass is 35.5. The summed E-state index contributed by atoms with van der Waals surface area (Å²) >= 11 is 5.80. The van der Waals surface area contributed by atoms with Crippen LogP contribution in [0.15, 0.2) is 18.2 Å². The molecule has 0 spiro atoms. The van der Waals surface area contributed by atoms with E-state index >= 15 is 0 Å². The van der Waals surface area contributed by atoms with Crippen LogP contribution < -0.4 is 10.6 Å². The minimum atomic E-state index is -0.486. The Labute approximate surface area is 148 Å². The Balaban J connectivity index is 1.41. The summed E-state index contributed by atoms with van der Waals surface area (Å²) in [7, 11) is 0. The first-order chi connectivity index (χ1) is 11.4. The van der Waals surface area contributed by atoms with Gasteiger partial charge in [-0.05, 0) is 56.8 Å². The van der Waals surface area contributed by atoms with Gasteiger partial charge in [-0.25, -0.2) is 4.39 Å². The van der Waals surface area contributed by atoms with E-state index in [4.69, 9.17) is 11.6 Å².